The van der Waals surface area contributed by atoms with Crippen LogP contribution >= 0.6 is 0 Å². The van der Waals surface area contributed by atoms with Crippen molar-refractivity contribution in [2.45, 2.75) is 92.1 Å². The lowest BCUT2D eigenvalue weighted by Crippen LogP contribution is -2.66. The third-order valence-electron chi connectivity index (χ3n) is 11.5. The Morgan fingerprint density at radius 3 is 2.48 bits per heavy atom. The minimum Gasteiger partial charge on any atom is -0.393 e. The van der Waals surface area contributed by atoms with Crippen molar-refractivity contribution in [1.82, 2.24) is 0 Å². The largest absolute Gasteiger partial charge is 0.393 e. The second kappa shape index (κ2) is 6.09. The number of aliphatic hydroxyl groups excluding tert-OH is 1. The summed E-state index contributed by atoms with van der Waals surface area (Å²) in [4.78, 5) is 12.4. The van der Waals surface area contributed by atoms with E-state index >= 15 is 0 Å². The minimum absolute atomic E-state index is 0.110. The van der Waals surface area contributed by atoms with Crippen LogP contribution < -0.4 is 0 Å². The number of rotatable bonds is 1. The van der Waals surface area contributed by atoms with Crippen LogP contribution in [0.1, 0.15) is 86.0 Å². The number of fused-ring (bicyclic) bond motifs is 7. The third kappa shape index (κ3) is 2.31. The van der Waals surface area contributed by atoms with Gasteiger partial charge in [-0.1, -0.05) is 59.6 Å². The van der Waals surface area contributed by atoms with Crippen molar-refractivity contribution in [3.63, 3.8) is 0 Å². The van der Waals surface area contributed by atoms with Gasteiger partial charge in [0.2, 0.25) is 0 Å². The molecule has 0 spiro atoms. The van der Waals surface area contributed by atoms with E-state index in [-0.39, 0.29) is 28.6 Å². The summed E-state index contributed by atoms with van der Waals surface area (Å²) < 4.78 is 0. The van der Waals surface area contributed by atoms with E-state index in [1.54, 1.807) is 6.08 Å². The van der Waals surface area contributed by atoms with E-state index in [0.717, 1.165) is 24.3 Å². The molecule has 0 aromatic rings. The van der Waals surface area contributed by atoms with Gasteiger partial charge in [0, 0.05) is 16.9 Å². The Bertz CT molecular complexity index is 794. The summed E-state index contributed by atoms with van der Waals surface area (Å²) >= 11 is 0. The highest BCUT2D eigenvalue weighted by Crippen LogP contribution is 2.73. The van der Waals surface area contributed by atoms with Gasteiger partial charge in [0.15, 0.2) is 5.78 Å². The summed E-state index contributed by atoms with van der Waals surface area (Å²) in [7, 11) is 0. The molecule has 29 heavy (non-hydrogen) atoms. The smallest absolute Gasteiger partial charge is 0.181 e. The first kappa shape index (κ1) is 20.0. The van der Waals surface area contributed by atoms with Gasteiger partial charge in [0.25, 0.3) is 0 Å². The van der Waals surface area contributed by atoms with Crippen molar-refractivity contribution in [2.75, 3.05) is 0 Å². The molecule has 3 fully saturated rings. The van der Waals surface area contributed by atoms with Crippen molar-refractivity contribution < 1.29 is 9.90 Å². The van der Waals surface area contributed by atoms with Crippen molar-refractivity contribution in [3.8, 4) is 0 Å². The standard InChI is InChI=1S/C27H40O2/c1-6-24(2)13-7-14-25(3)20(24)12-15-26(4)21-11-8-17-18(9-10-19(17)28)27(21,5)23(29)16-22(25)26/h8-10,18,20-23,29H,6-7,11-16H2,1-5H3/t18-,20-,21-,22+,23-,24-,25-,26-,27+/m0/s1. The molecule has 1 N–H and O–H groups in total. The van der Waals surface area contributed by atoms with Gasteiger partial charge >= 0.3 is 0 Å². The number of aliphatic hydroxyl groups is 1. The fourth-order valence-electron chi connectivity index (χ4n) is 9.79. The Morgan fingerprint density at radius 1 is 1.03 bits per heavy atom. The van der Waals surface area contributed by atoms with Crippen LogP contribution in [-0.4, -0.2) is 17.0 Å². The van der Waals surface area contributed by atoms with Crippen LogP contribution in [0.15, 0.2) is 23.8 Å². The zero-order valence-corrected chi connectivity index (χ0v) is 19.1. The Balaban J connectivity index is 1.59. The van der Waals surface area contributed by atoms with Crippen molar-refractivity contribution in [1.29, 1.82) is 0 Å². The fraction of sp³-hybridized carbons (Fsp3) is 0.815. The molecule has 3 saturated carbocycles. The molecule has 2 heteroatoms. The van der Waals surface area contributed by atoms with E-state index in [2.05, 4.69) is 46.8 Å². The Kier molecular flexibility index (Phi) is 4.20. The van der Waals surface area contributed by atoms with Crippen molar-refractivity contribution in [3.05, 3.63) is 23.8 Å². The minimum atomic E-state index is -0.319. The topological polar surface area (TPSA) is 37.3 Å². The third-order valence-corrected chi connectivity index (χ3v) is 11.5. The highest BCUT2D eigenvalue weighted by molar-refractivity contribution is 6.07. The second-order valence-corrected chi connectivity index (χ2v) is 12.3. The van der Waals surface area contributed by atoms with Crippen LogP contribution in [0.5, 0.6) is 0 Å². The lowest BCUT2D eigenvalue weighted by atomic mass is 9.34. The van der Waals surface area contributed by atoms with Crippen LogP contribution in [-0.2, 0) is 4.79 Å². The van der Waals surface area contributed by atoms with Gasteiger partial charge in [-0.2, -0.15) is 0 Å². The molecule has 0 aromatic carbocycles. The zero-order chi connectivity index (χ0) is 20.8. The van der Waals surface area contributed by atoms with Crippen molar-refractivity contribution in [2.24, 2.45) is 45.3 Å². The summed E-state index contributed by atoms with van der Waals surface area (Å²) in [6, 6.07) is 0. The number of allylic oxidation sites excluding steroid dienone is 4. The Hall–Kier alpha value is -0.890. The molecule has 0 amide bonds. The van der Waals surface area contributed by atoms with Gasteiger partial charge in [-0.15, -0.1) is 0 Å². The highest BCUT2D eigenvalue weighted by atomic mass is 16.3. The van der Waals surface area contributed by atoms with Gasteiger partial charge in [-0.25, -0.2) is 0 Å². The van der Waals surface area contributed by atoms with Crippen LogP contribution in [0, 0.1) is 45.3 Å². The average Bonchev–Trinajstić information content (AvgIpc) is 3.06. The SMILES string of the molecule is CC[C@@]1(C)CCC[C@]2(C)[C@H]3C[C@H](O)[C@]4(C)[C@H]5C=CC(=O)C5=CC[C@H]4[C@]3(C)CC[C@@H]12. The van der Waals surface area contributed by atoms with E-state index in [0.29, 0.717) is 22.7 Å². The van der Waals surface area contributed by atoms with E-state index in [1.165, 1.54) is 38.5 Å². The first-order valence-corrected chi connectivity index (χ1v) is 12.2. The van der Waals surface area contributed by atoms with Gasteiger partial charge in [0.1, 0.15) is 0 Å². The van der Waals surface area contributed by atoms with Crippen LogP contribution in [0.4, 0.5) is 0 Å². The number of carbonyl (C=O) groups excluding carboxylic acids is 1. The zero-order valence-electron chi connectivity index (χ0n) is 19.1. The molecule has 2 nitrogen and oxygen atoms in total. The van der Waals surface area contributed by atoms with E-state index in [9.17, 15) is 9.90 Å². The van der Waals surface area contributed by atoms with Crippen LogP contribution in [0.3, 0.4) is 0 Å². The van der Waals surface area contributed by atoms with Crippen molar-refractivity contribution >= 4 is 5.78 Å². The molecule has 5 aliphatic rings. The first-order chi connectivity index (χ1) is 13.6. The quantitative estimate of drug-likeness (QED) is 0.581. The molecular weight excluding hydrogens is 356 g/mol. The van der Waals surface area contributed by atoms with Gasteiger partial charge in [-0.05, 0) is 78.6 Å². The van der Waals surface area contributed by atoms with E-state index in [4.69, 9.17) is 0 Å². The second-order valence-electron chi connectivity index (χ2n) is 12.3. The lowest BCUT2D eigenvalue weighted by Gasteiger charge is -2.70. The highest BCUT2D eigenvalue weighted by Gasteiger charge is 2.68. The van der Waals surface area contributed by atoms with Gasteiger partial charge in [0.05, 0.1) is 6.10 Å². The van der Waals surface area contributed by atoms with Gasteiger partial charge in [-0.3, -0.25) is 4.79 Å². The average molecular weight is 397 g/mol. The Labute approximate surface area is 177 Å². The molecule has 5 aliphatic carbocycles. The molecule has 0 unspecified atom stereocenters. The maximum atomic E-state index is 12.4. The molecule has 5 rings (SSSR count). The monoisotopic (exact) mass is 396 g/mol. The molecule has 0 aliphatic heterocycles. The summed E-state index contributed by atoms with van der Waals surface area (Å²) in [5.41, 5.74) is 1.81. The first-order valence-electron chi connectivity index (χ1n) is 12.2. The normalized spacial score (nSPS) is 56.1. The van der Waals surface area contributed by atoms with E-state index < -0.39 is 0 Å². The molecular formula is C27H40O2. The number of hydrogen-bond donors (Lipinski definition) is 1. The molecule has 0 bridgehead atoms. The summed E-state index contributed by atoms with van der Waals surface area (Å²) in [6.07, 6.45) is 15.6. The molecule has 0 saturated heterocycles. The molecule has 9 atom stereocenters. The molecule has 160 valence electrons. The lowest BCUT2D eigenvalue weighted by molar-refractivity contribution is -0.231. The van der Waals surface area contributed by atoms with Crippen LogP contribution in [0.2, 0.25) is 0 Å². The molecule has 0 radical (unpaired) electrons. The van der Waals surface area contributed by atoms with E-state index in [1.807, 2.05) is 0 Å². The number of carbonyl (C=O) groups is 1. The summed E-state index contributed by atoms with van der Waals surface area (Å²) in [5.74, 6) is 2.12. The predicted octanol–water partition coefficient (Wildman–Crippen LogP) is 6.10. The predicted molar refractivity (Wildman–Crippen MR) is 117 cm³/mol. The number of hydrogen-bond acceptors (Lipinski definition) is 2. The Morgan fingerprint density at radius 2 is 1.76 bits per heavy atom. The summed E-state index contributed by atoms with van der Waals surface area (Å²) in [5, 5.41) is 11.7. The maximum absolute atomic E-state index is 12.4. The maximum Gasteiger partial charge on any atom is 0.181 e. The van der Waals surface area contributed by atoms with Gasteiger partial charge < -0.3 is 5.11 Å². The fourth-order valence-corrected chi connectivity index (χ4v) is 9.79. The molecule has 0 aromatic heterocycles. The number of ketones is 1. The van der Waals surface area contributed by atoms with Crippen LogP contribution in [0.25, 0.3) is 0 Å². The molecule has 0 heterocycles. The summed E-state index contributed by atoms with van der Waals surface area (Å²) in [6.45, 7) is 12.4.